The molecule has 1 nitrogen and oxygen atoms in total. The Morgan fingerprint density at radius 2 is 1.50 bits per heavy atom. The van der Waals surface area contributed by atoms with Crippen molar-refractivity contribution < 1.29 is 22.4 Å². The van der Waals surface area contributed by atoms with Gasteiger partial charge in [-0.2, -0.15) is 0 Å². The average molecular weight is 216 g/mol. The Balaban J connectivity index is 5.99. The van der Waals surface area contributed by atoms with Gasteiger partial charge >= 0.3 is 32.0 Å². The number of hydrogen-bond acceptors (Lipinski definition) is 1. The van der Waals surface area contributed by atoms with Crippen molar-refractivity contribution in [2.45, 2.75) is 0 Å². The van der Waals surface area contributed by atoms with Crippen LogP contribution in [0.2, 0.25) is 0 Å². The Bertz CT molecular complexity index is 188. The molecule has 0 aliphatic heterocycles. The molecular weight excluding hydrogens is 216 g/mol. The molecule has 4 heavy (non-hydrogen) atoms. The van der Waals surface area contributed by atoms with Gasteiger partial charge in [0.2, 0.25) is 0 Å². The topological polar surface area (TPSA) is 17.1 Å². The third-order valence-corrected chi connectivity index (χ3v) is 0. The zero-order chi connectivity index (χ0) is 3.58. The van der Waals surface area contributed by atoms with Crippen molar-refractivity contribution in [1.82, 2.24) is 0 Å². The SMILES string of the molecule is [B]#[Hf](#[B])=[O]. The van der Waals surface area contributed by atoms with Crippen LogP contribution in [-0.4, -0.2) is 9.56 Å². The van der Waals surface area contributed by atoms with Gasteiger partial charge in [0, 0.05) is 0 Å². The monoisotopic (exact) mass is 218 g/mol. The van der Waals surface area contributed by atoms with Crippen LogP contribution in [0.15, 0.2) is 0 Å². The van der Waals surface area contributed by atoms with Crippen molar-refractivity contribution in [3.8, 4) is 0 Å². The minimum atomic E-state index is -2.91. The summed E-state index contributed by atoms with van der Waals surface area (Å²) in [6.07, 6.45) is 0. The van der Waals surface area contributed by atoms with E-state index in [1.165, 1.54) is 0 Å². The maximum absolute atomic E-state index is 9.30. The van der Waals surface area contributed by atoms with E-state index in [9.17, 15) is 2.85 Å². The van der Waals surface area contributed by atoms with Crippen molar-refractivity contribution in [3.63, 3.8) is 0 Å². The summed E-state index contributed by atoms with van der Waals surface area (Å²) in [6.45, 7) is 0. The van der Waals surface area contributed by atoms with E-state index in [0.717, 1.165) is 0 Å². The Morgan fingerprint density at radius 3 is 1.50 bits per heavy atom. The second kappa shape index (κ2) is 2.06. The summed E-state index contributed by atoms with van der Waals surface area (Å²) in [4.78, 5) is 0. The predicted molar refractivity (Wildman–Crippen MR) is 12.2 cm³/mol. The number of hydrogen-bond donors (Lipinski definition) is 0. The molecule has 0 radical (unpaired) electrons. The fourth-order valence-electron chi connectivity index (χ4n) is 0. The molecule has 0 bridgehead atoms. The van der Waals surface area contributed by atoms with E-state index in [2.05, 4.69) is 9.56 Å². The molecule has 16 valence electrons. The molecule has 0 saturated carbocycles. The van der Waals surface area contributed by atoms with Crippen molar-refractivity contribution in [2.24, 2.45) is 0 Å². The van der Waals surface area contributed by atoms with Gasteiger partial charge in [-0.1, -0.05) is 0 Å². The third kappa shape index (κ3) is 14.2. The van der Waals surface area contributed by atoms with Gasteiger partial charge in [0.1, 0.15) is 0 Å². The van der Waals surface area contributed by atoms with E-state index in [-0.39, 0.29) is 0 Å². The van der Waals surface area contributed by atoms with Crippen LogP contribution in [0.3, 0.4) is 0 Å². The molecule has 0 spiro atoms. The zero-order valence-electron chi connectivity index (χ0n) is 2.06. The van der Waals surface area contributed by atoms with E-state index in [1.807, 2.05) is 0 Å². The molecule has 0 saturated heterocycles. The molecule has 0 heterocycles. The van der Waals surface area contributed by atoms with Crippen molar-refractivity contribution >= 4 is 9.56 Å². The predicted octanol–water partition coefficient (Wildman–Crippen LogP) is -0.883. The second-order valence-electron chi connectivity index (χ2n) is 0.402. The van der Waals surface area contributed by atoms with Gasteiger partial charge in [0.15, 0.2) is 0 Å². The van der Waals surface area contributed by atoms with E-state index >= 15 is 0 Å². The maximum atomic E-state index is 9.30. The number of rotatable bonds is 0. The van der Waals surface area contributed by atoms with Gasteiger partial charge in [0.25, 0.3) is 0 Å². The average Bonchev–Trinajstić information content (AvgIpc) is 0.811. The first-order valence-electron chi connectivity index (χ1n) is 0.781. The van der Waals surface area contributed by atoms with Crippen molar-refractivity contribution in [1.29, 1.82) is 0 Å². The Hall–Kier alpha value is 0.800. The van der Waals surface area contributed by atoms with Gasteiger partial charge in [-0.25, -0.2) is 0 Å². The van der Waals surface area contributed by atoms with Gasteiger partial charge < -0.3 is 0 Å². The summed E-state index contributed by atoms with van der Waals surface area (Å²) in [5.74, 6) is 0. The van der Waals surface area contributed by atoms with Crippen LogP contribution >= 0.6 is 0 Å². The van der Waals surface area contributed by atoms with Crippen LogP contribution in [0.5, 0.6) is 0 Å². The van der Waals surface area contributed by atoms with Gasteiger partial charge in [-0.15, -0.1) is 0 Å². The third-order valence-electron chi connectivity index (χ3n) is 0. The van der Waals surface area contributed by atoms with E-state index in [0.29, 0.717) is 0 Å². The van der Waals surface area contributed by atoms with Crippen molar-refractivity contribution in [3.05, 3.63) is 0 Å². The summed E-state index contributed by atoms with van der Waals surface area (Å²) >= 11 is -2.91. The fourth-order valence-corrected chi connectivity index (χ4v) is 0. The molecule has 4 heteroatoms. The molecule has 0 aromatic carbocycles. The van der Waals surface area contributed by atoms with Gasteiger partial charge in [-0.3, -0.25) is 0 Å². The molecule has 0 atom stereocenters. The summed E-state index contributed by atoms with van der Waals surface area (Å²) in [7, 11) is 0. The first-order chi connectivity index (χ1) is 1.73. The van der Waals surface area contributed by atoms with E-state index in [4.69, 9.17) is 0 Å². The summed E-state index contributed by atoms with van der Waals surface area (Å²) in [5.41, 5.74) is 0. The first-order valence-corrected chi connectivity index (χ1v) is 6.40. The Labute approximate surface area is 32.2 Å². The molecule has 0 aromatic rings. The van der Waals surface area contributed by atoms with Crippen LogP contribution in [0.1, 0.15) is 0 Å². The molecule has 0 aromatic heterocycles. The summed E-state index contributed by atoms with van der Waals surface area (Å²) < 4.78 is 18.4. The van der Waals surface area contributed by atoms with Crippen LogP contribution < -0.4 is 0 Å². The normalized spacial score (nSPS) is 11.5. The molecule has 0 N–H and O–H groups in total. The van der Waals surface area contributed by atoms with Crippen LogP contribution in [0.4, 0.5) is 0 Å². The van der Waals surface area contributed by atoms with Crippen LogP contribution in [0, 0.1) is 0 Å². The van der Waals surface area contributed by atoms with Gasteiger partial charge in [0.05, 0.1) is 0 Å². The van der Waals surface area contributed by atoms with Gasteiger partial charge in [-0.05, 0) is 0 Å². The molecule has 0 amide bonds. The van der Waals surface area contributed by atoms with E-state index < -0.39 is 19.5 Å². The van der Waals surface area contributed by atoms with Crippen LogP contribution in [-0.2, 0) is 22.4 Å². The second-order valence-corrected chi connectivity index (χ2v) is 3.29. The van der Waals surface area contributed by atoms with Crippen molar-refractivity contribution in [2.75, 3.05) is 0 Å². The summed E-state index contributed by atoms with van der Waals surface area (Å²) in [5, 5.41) is 0. The molecule has 0 rings (SSSR count). The molecular formula is B2HfO. The molecule has 0 aliphatic carbocycles. The molecule has 0 unspecified atom stereocenters. The zero-order valence-corrected chi connectivity index (χ0v) is 5.66. The Kier molecular flexibility index (Phi) is 2.48. The molecule has 0 fully saturated rings. The van der Waals surface area contributed by atoms with E-state index in [1.54, 1.807) is 0 Å². The van der Waals surface area contributed by atoms with Crippen LogP contribution in [0.25, 0.3) is 0 Å². The summed E-state index contributed by atoms with van der Waals surface area (Å²) in [6, 6.07) is 0. The quantitative estimate of drug-likeness (QED) is 0.480. The first kappa shape index (κ1) is 4.80. The fraction of sp³-hybridized carbons (Fsp3) is 0. The minimum absolute atomic E-state index is 2.91. The standard InChI is InChI=1S/2B.Hf.O. The Morgan fingerprint density at radius 1 is 1.50 bits per heavy atom. The molecule has 0 aliphatic rings.